The summed E-state index contributed by atoms with van der Waals surface area (Å²) in [6.45, 7) is 0. The summed E-state index contributed by atoms with van der Waals surface area (Å²) in [6, 6.07) is 12.1. The third-order valence-corrected chi connectivity index (χ3v) is 2.67. The van der Waals surface area contributed by atoms with Crippen LogP contribution in [-0.2, 0) is 11.8 Å². The van der Waals surface area contributed by atoms with Crippen LogP contribution in [0.2, 0.25) is 0 Å². The van der Waals surface area contributed by atoms with Crippen molar-refractivity contribution in [3.8, 4) is 12.1 Å². The molecule has 0 aliphatic heterocycles. The van der Waals surface area contributed by atoms with Crippen molar-refractivity contribution in [1.29, 1.82) is 10.5 Å². The highest BCUT2D eigenvalue weighted by Crippen LogP contribution is 2.10. The molecule has 0 saturated carbocycles. The van der Waals surface area contributed by atoms with E-state index in [4.69, 9.17) is 10.5 Å². The Labute approximate surface area is 121 Å². The van der Waals surface area contributed by atoms with E-state index in [9.17, 15) is 4.79 Å². The van der Waals surface area contributed by atoms with Gasteiger partial charge >= 0.3 is 0 Å². The molecule has 1 amide bonds. The molecule has 0 radical (unpaired) electrons. The number of anilines is 1. The number of hydrogen-bond donors (Lipinski definition) is 1. The lowest BCUT2D eigenvalue weighted by Gasteiger charge is -2.00. The molecule has 0 spiro atoms. The first kappa shape index (κ1) is 14.0. The number of aromatic nitrogens is 2. The summed E-state index contributed by atoms with van der Waals surface area (Å²) in [4.78, 5) is 12.0. The highest BCUT2D eigenvalue weighted by atomic mass is 16.1. The molecule has 0 fully saturated rings. The van der Waals surface area contributed by atoms with Crippen molar-refractivity contribution in [3.63, 3.8) is 0 Å². The molecule has 0 unspecified atom stereocenters. The fourth-order valence-corrected chi connectivity index (χ4v) is 1.63. The van der Waals surface area contributed by atoms with Crippen LogP contribution in [0.5, 0.6) is 0 Å². The maximum atomic E-state index is 12.0. The fourth-order valence-electron chi connectivity index (χ4n) is 1.63. The Morgan fingerprint density at radius 2 is 2.00 bits per heavy atom. The summed E-state index contributed by atoms with van der Waals surface area (Å²) in [6.07, 6.45) is 3.14. The van der Waals surface area contributed by atoms with Crippen LogP contribution in [0.4, 0.5) is 5.82 Å². The van der Waals surface area contributed by atoms with E-state index in [1.54, 1.807) is 48.3 Å². The van der Waals surface area contributed by atoms with E-state index in [2.05, 4.69) is 10.4 Å². The van der Waals surface area contributed by atoms with E-state index in [-0.39, 0.29) is 5.57 Å². The Bertz CT molecular complexity index is 772. The summed E-state index contributed by atoms with van der Waals surface area (Å²) in [7, 11) is 1.73. The largest absolute Gasteiger partial charge is 0.304 e. The van der Waals surface area contributed by atoms with Crippen LogP contribution in [0, 0.1) is 22.7 Å². The van der Waals surface area contributed by atoms with Gasteiger partial charge in [0.2, 0.25) is 0 Å². The van der Waals surface area contributed by atoms with Gasteiger partial charge in [-0.25, -0.2) is 0 Å². The van der Waals surface area contributed by atoms with Gasteiger partial charge in [0.05, 0.1) is 11.6 Å². The molecule has 1 aromatic carbocycles. The number of nitrogens with one attached hydrogen (secondary N) is 1. The molecule has 0 bridgehead atoms. The van der Waals surface area contributed by atoms with Crippen molar-refractivity contribution in [2.75, 3.05) is 5.32 Å². The minimum atomic E-state index is -0.527. The first-order valence-electron chi connectivity index (χ1n) is 6.05. The zero-order chi connectivity index (χ0) is 15.2. The van der Waals surface area contributed by atoms with Crippen molar-refractivity contribution in [2.24, 2.45) is 7.05 Å². The van der Waals surface area contributed by atoms with Crippen molar-refractivity contribution in [3.05, 3.63) is 53.2 Å². The van der Waals surface area contributed by atoms with E-state index >= 15 is 0 Å². The molecular formula is C15H11N5O. The van der Waals surface area contributed by atoms with Gasteiger partial charge in [-0.1, -0.05) is 12.1 Å². The van der Waals surface area contributed by atoms with Gasteiger partial charge in [0.1, 0.15) is 11.6 Å². The minimum absolute atomic E-state index is 0.0367. The van der Waals surface area contributed by atoms with Gasteiger partial charge in [-0.3, -0.25) is 9.48 Å². The van der Waals surface area contributed by atoms with Gasteiger partial charge in [-0.15, -0.1) is 0 Å². The number of nitriles is 2. The Morgan fingerprint density at radius 1 is 1.29 bits per heavy atom. The highest BCUT2D eigenvalue weighted by Gasteiger charge is 2.10. The number of benzene rings is 1. The molecule has 2 aromatic rings. The van der Waals surface area contributed by atoms with Crippen LogP contribution < -0.4 is 5.32 Å². The second-order valence-electron chi connectivity index (χ2n) is 4.23. The molecule has 1 aromatic heterocycles. The van der Waals surface area contributed by atoms with E-state index in [1.807, 2.05) is 12.1 Å². The van der Waals surface area contributed by atoms with Crippen molar-refractivity contribution < 1.29 is 4.79 Å². The smallest absolute Gasteiger partial charge is 0.267 e. The predicted molar refractivity (Wildman–Crippen MR) is 76.6 cm³/mol. The average molecular weight is 277 g/mol. The third kappa shape index (κ3) is 3.55. The SMILES string of the molecule is Cn1ccc(NC(=O)C(C#N)=Cc2ccc(C#N)cc2)n1. The van der Waals surface area contributed by atoms with Crippen LogP contribution in [0.1, 0.15) is 11.1 Å². The molecule has 1 N–H and O–H groups in total. The molecule has 0 aliphatic carbocycles. The van der Waals surface area contributed by atoms with E-state index in [1.165, 1.54) is 6.08 Å². The van der Waals surface area contributed by atoms with Crippen molar-refractivity contribution in [2.45, 2.75) is 0 Å². The summed E-state index contributed by atoms with van der Waals surface area (Å²) in [5.41, 5.74) is 1.15. The Hall–Kier alpha value is -3.38. The Morgan fingerprint density at radius 3 is 2.52 bits per heavy atom. The monoisotopic (exact) mass is 277 g/mol. The Balaban J connectivity index is 2.18. The number of carbonyl (C=O) groups is 1. The zero-order valence-corrected chi connectivity index (χ0v) is 11.2. The quantitative estimate of drug-likeness (QED) is 0.684. The zero-order valence-electron chi connectivity index (χ0n) is 11.2. The summed E-state index contributed by atoms with van der Waals surface area (Å²) in [5.74, 6) is -0.149. The molecule has 0 aliphatic rings. The van der Waals surface area contributed by atoms with Gasteiger partial charge in [-0.2, -0.15) is 15.6 Å². The van der Waals surface area contributed by atoms with Gasteiger partial charge < -0.3 is 5.32 Å². The van der Waals surface area contributed by atoms with Crippen molar-refractivity contribution in [1.82, 2.24) is 9.78 Å². The summed E-state index contributed by atoms with van der Waals surface area (Å²) < 4.78 is 1.55. The molecule has 0 atom stereocenters. The lowest BCUT2D eigenvalue weighted by Crippen LogP contribution is -2.14. The van der Waals surface area contributed by atoms with Crippen LogP contribution in [0.25, 0.3) is 6.08 Å². The van der Waals surface area contributed by atoms with Crippen LogP contribution in [0.15, 0.2) is 42.1 Å². The van der Waals surface area contributed by atoms with Gasteiger partial charge in [0.15, 0.2) is 5.82 Å². The number of amides is 1. The Kier molecular flexibility index (Phi) is 4.13. The average Bonchev–Trinajstić information content (AvgIpc) is 2.90. The van der Waals surface area contributed by atoms with Gasteiger partial charge in [0, 0.05) is 19.3 Å². The topological polar surface area (TPSA) is 94.5 Å². The lowest BCUT2D eigenvalue weighted by molar-refractivity contribution is -0.112. The standard InChI is InChI=1S/C15H11N5O/c1-20-7-6-14(19-20)18-15(21)13(10-17)8-11-2-4-12(9-16)5-3-11/h2-8H,1H3,(H,18,19,21). The van der Waals surface area contributed by atoms with E-state index in [0.29, 0.717) is 16.9 Å². The maximum Gasteiger partial charge on any atom is 0.267 e. The van der Waals surface area contributed by atoms with Crippen LogP contribution in [0.3, 0.4) is 0 Å². The second kappa shape index (κ2) is 6.18. The number of carbonyl (C=O) groups excluding carboxylic acids is 1. The molecule has 21 heavy (non-hydrogen) atoms. The number of aryl methyl sites for hydroxylation is 1. The second-order valence-corrected chi connectivity index (χ2v) is 4.23. The first-order chi connectivity index (χ1) is 10.1. The predicted octanol–water partition coefficient (Wildman–Crippen LogP) is 1.84. The molecule has 2 rings (SSSR count). The van der Waals surface area contributed by atoms with Gasteiger partial charge in [-0.05, 0) is 23.8 Å². The normalized spacial score (nSPS) is 10.5. The first-order valence-corrected chi connectivity index (χ1v) is 6.05. The number of hydrogen-bond acceptors (Lipinski definition) is 4. The third-order valence-electron chi connectivity index (χ3n) is 2.67. The molecule has 0 saturated heterocycles. The highest BCUT2D eigenvalue weighted by molar-refractivity contribution is 6.09. The molecule has 1 heterocycles. The number of nitrogens with zero attached hydrogens (tertiary/aromatic N) is 4. The fraction of sp³-hybridized carbons (Fsp3) is 0.0667. The minimum Gasteiger partial charge on any atom is -0.304 e. The molecule has 6 heteroatoms. The van der Waals surface area contributed by atoms with E-state index in [0.717, 1.165) is 0 Å². The summed E-state index contributed by atoms with van der Waals surface area (Å²) >= 11 is 0. The van der Waals surface area contributed by atoms with E-state index < -0.39 is 5.91 Å². The number of rotatable bonds is 3. The van der Waals surface area contributed by atoms with Gasteiger partial charge in [0.25, 0.3) is 5.91 Å². The molecule has 102 valence electrons. The lowest BCUT2D eigenvalue weighted by atomic mass is 10.1. The maximum absolute atomic E-state index is 12.0. The molecular weight excluding hydrogens is 266 g/mol. The van der Waals surface area contributed by atoms with Crippen LogP contribution in [-0.4, -0.2) is 15.7 Å². The molecule has 6 nitrogen and oxygen atoms in total. The van der Waals surface area contributed by atoms with Crippen molar-refractivity contribution >= 4 is 17.8 Å². The van der Waals surface area contributed by atoms with Crippen LogP contribution >= 0.6 is 0 Å². The summed E-state index contributed by atoms with van der Waals surface area (Å²) in [5, 5.41) is 24.4.